The van der Waals surface area contributed by atoms with Crippen LogP contribution >= 0.6 is 34.4 Å². The molecule has 3 aromatic rings. The molecule has 0 aliphatic heterocycles. The summed E-state index contributed by atoms with van der Waals surface area (Å²) in [5.74, 6) is 0.0134. The molecule has 0 aliphatic rings. The molecule has 2 aromatic heterocycles. The quantitative estimate of drug-likeness (QED) is 0.453. The Kier molecular flexibility index (Phi) is 7.84. The number of sulfonamides is 1. The maximum absolute atomic E-state index is 12.6. The summed E-state index contributed by atoms with van der Waals surface area (Å²) < 4.78 is 33.0. The molecule has 29 heavy (non-hydrogen) atoms. The van der Waals surface area contributed by atoms with Crippen molar-refractivity contribution in [2.45, 2.75) is 24.0 Å². The number of thiophene rings is 1. The van der Waals surface area contributed by atoms with E-state index in [1.54, 1.807) is 29.5 Å². The summed E-state index contributed by atoms with van der Waals surface area (Å²) in [6.07, 6.45) is 2.23. The predicted molar refractivity (Wildman–Crippen MR) is 119 cm³/mol. The first-order valence-corrected chi connectivity index (χ1v) is 13.4. The molecule has 0 saturated carbocycles. The third-order valence-electron chi connectivity index (χ3n) is 3.93. The Hall–Kier alpha value is -1.72. The summed E-state index contributed by atoms with van der Waals surface area (Å²) >= 11 is 4.60. The standard InChI is InChI=1S/C19H20N2O4S4/c1-26-9-8-17(21-29(23,24)16-5-3-2-4-6-16)19(22)25-11-15-13-28-18(20-15)14-7-10-27-12-14/h2-7,10,12-13,17,21H,8-9,11H2,1H3. The number of hydrogen-bond acceptors (Lipinski definition) is 8. The number of nitrogens with zero attached hydrogens (tertiary/aromatic N) is 1. The number of carbonyl (C=O) groups is 1. The zero-order valence-corrected chi connectivity index (χ0v) is 18.9. The molecule has 6 nitrogen and oxygen atoms in total. The Morgan fingerprint density at radius 1 is 1.24 bits per heavy atom. The fourth-order valence-electron chi connectivity index (χ4n) is 2.45. The van der Waals surface area contributed by atoms with Crippen LogP contribution in [0, 0.1) is 0 Å². The number of hydrogen-bond donors (Lipinski definition) is 1. The van der Waals surface area contributed by atoms with Crippen LogP contribution in [0.15, 0.2) is 57.4 Å². The van der Waals surface area contributed by atoms with E-state index in [2.05, 4.69) is 9.71 Å². The van der Waals surface area contributed by atoms with E-state index in [4.69, 9.17) is 4.74 Å². The Morgan fingerprint density at radius 3 is 2.72 bits per heavy atom. The van der Waals surface area contributed by atoms with Crippen LogP contribution in [0.2, 0.25) is 0 Å². The van der Waals surface area contributed by atoms with E-state index in [-0.39, 0.29) is 11.5 Å². The van der Waals surface area contributed by atoms with E-state index >= 15 is 0 Å². The summed E-state index contributed by atoms with van der Waals surface area (Å²) in [5, 5.41) is 6.68. The van der Waals surface area contributed by atoms with Gasteiger partial charge in [0.15, 0.2) is 0 Å². The number of aromatic nitrogens is 1. The van der Waals surface area contributed by atoms with Crippen molar-refractivity contribution in [3.8, 4) is 10.6 Å². The van der Waals surface area contributed by atoms with Gasteiger partial charge in [0.2, 0.25) is 10.0 Å². The first-order chi connectivity index (χ1) is 14.0. The van der Waals surface area contributed by atoms with Gasteiger partial charge in [-0.1, -0.05) is 18.2 Å². The highest BCUT2D eigenvalue weighted by Gasteiger charge is 2.26. The van der Waals surface area contributed by atoms with Crippen molar-refractivity contribution in [3.05, 3.63) is 58.2 Å². The van der Waals surface area contributed by atoms with Gasteiger partial charge >= 0.3 is 5.97 Å². The van der Waals surface area contributed by atoms with Gasteiger partial charge in [-0.2, -0.15) is 27.8 Å². The minimum Gasteiger partial charge on any atom is -0.458 e. The largest absolute Gasteiger partial charge is 0.458 e. The fourth-order valence-corrected chi connectivity index (χ4v) is 5.68. The maximum atomic E-state index is 12.6. The second kappa shape index (κ2) is 10.4. The van der Waals surface area contributed by atoms with Gasteiger partial charge in [-0.3, -0.25) is 4.79 Å². The minimum atomic E-state index is -3.82. The molecular formula is C19H20N2O4S4. The number of esters is 1. The molecule has 154 valence electrons. The summed E-state index contributed by atoms with van der Waals surface area (Å²) in [5.41, 5.74) is 1.67. The molecule has 1 unspecified atom stereocenters. The van der Waals surface area contributed by atoms with Gasteiger partial charge < -0.3 is 4.74 Å². The molecule has 0 bridgehead atoms. The van der Waals surface area contributed by atoms with Crippen molar-refractivity contribution in [2.24, 2.45) is 0 Å². The van der Waals surface area contributed by atoms with Gasteiger partial charge in [-0.15, -0.1) is 11.3 Å². The maximum Gasteiger partial charge on any atom is 0.324 e. The van der Waals surface area contributed by atoms with Gasteiger partial charge in [0.25, 0.3) is 0 Å². The minimum absolute atomic E-state index is 0.00228. The summed E-state index contributed by atoms with van der Waals surface area (Å²) in [6, 6.07) is 9.00. The van der Waals surface area contributed by atoms with Gasteiger partial charge in [-0.25, -0.2) is 13.4 Å². The Labute approximate surface area is 182 Å². The SMILES string of the molecule is CSCCC(NS(=O)(=O)c1ccccc1)C(=O)OCc1csc(-c2ccsc2)n1. The number of rotatable bonds is 10. The van der Waals surface area contributed by atoms with Crippen LogP contribution in [0.25, 0.3) is 10.6 Å². The molecule has 2 heterocycles. The molecule has 1 atom stereocenters. The smallest absolute Gasteiger partial charge is 0.324 e. The van der Waals surface area contributed by atoms with Gasteiger partial charge in [0, 0.05) is 16.3 Å². The fraction of sp³-hybridized carbons (Fsp3) is 0.263. The van der Waals surface area contributed by atoms with Crippen LogP contribution in [-0.2, 0) is 26.2 Å². The molecule has 3 rings (SSSR count). The second-order valence-electron chi connectivity index (χ2n) is 6.03. The van der Waals surface area contributed by atoms with Crippen LogP contribution in [0.5, 0.6) is 0 Å². The topological polar surface area (TPSA) is 85.4 Å². The van der Waals surface area contributed by atoms with Gasteiger partial charge in [0.1, 0.15) is 17.7 Å². The Balaban J connectivity index is 1.64. The molecule has 0 fully saturated rings. The molecule has 0 amide bonds. The van der Waals surface area contributed by atoms with Crippen LogP contribution < -0.4 is 4.72 Å². The number of nitrogens with one attached hydrogen (secondary N) is 1. The van der Waals surface area contributed by atoms with E-state index < -0.39 is 22.0 Å². The van der Waals surface area contributed by atoms with E-state index in [1.807, 2.05) is 28.5 Å². The number of benzene rings is 1. The highest BCUT2D eigenvalue weighted by atomic mass is 32.2. The average molecular weight is 469 g/mol. The van der Waals surface area contributed by atoms with Crippen LogP contribution in [-0.4, -0.2) is 37.4 Å². The molecular weight excluding hydrogens is 448 g/mol. The third kappa shape index (κ3) is 6.13. The highest BCUT2D eigenvalue weighted by molar-refractivity contribution is 7.98. The lowest BCUT2D eigenvalue weighted by atomic mass is 10.2. The molecule has 1 aromatic carbocycles. The van der Waals surface area contributed by atoms with E-state index in [0.29, 0.717) is 17.9 Å². The van der Waals surface area contributed by atoms with Gasteiger partial charge in [-0.05, 0) is 42.0 Å². The van der Waals surface area contributed by atoms with Crippen LogP contribution in [0.3, 0.4) is 0 Å². The van der Waals surface area contributed by atoms with Crippen molar-refractivity contribution in [1.82, 2.24) is 9.71 Å². The zero-order chi connectivity index (χ0) is 20.7. The monoisotopic (exact) mass is 468 g/mol. The van der Waals surface area contributed by atoms with Crippen molar-refractivity contribution < 1.29 is 17.9 Å². The predicted octanol–water partition coefficient (Wildman–Crippen LogP) is 4.02. The summed E-state index contributed by atoms with van der Waals surface area (Å²) in [6.45, 7) is 0.00228. The van der Waals surface area contributed by atoms with Gasteiger partial charge in [0.05, 0.1) is 10.6 Å². The highest BCUT2D eigenvalue weighted by Crippen LogP contribution is 2.26. The molecule has 10 heteroatoms. The summed E-state index contributed by atoms with van der Waals surface area (Å²) in [4.78, 5) is 17.2. The number of thioether (sulfide) groups is 1. The Bertz CT molecular complexity index is 1020. The first-order valence-electron chi connectivity index (χ1n) is 8.69. The third-order valence-corrected chi connectivity index (χ3v) is 7.68. The lowest BCUT2D eigenvalue weighted by Gasteiger charge is -2.17. The van der Waals surface area contributed by atoms with Crippen LogP contribution in [0.4, 0.5) is 0 Å². The lowest BCUT2D eigenvalue weighted by molar-refractivity contribution is -0.147. The molecule has 0 aliphatic carbocycles. The Morgan fingerprint density at radius 2 is 2.03 bits per heavy atom. The van der Waals surface area contributed by atoms with E-state index in [1.165, 1.54) is 35.2 Å². The van der Waals surface area contributed by atoms with Crippen molar-refractivity contribution >= 4 is 50.4 Å². The van der Waals surface area contributed by atoms with E-state index in [9.17, 15) is 13.2 Å². The normalized spacial score (nSPS) is 12.6. The summed E-state index contributed by atoms with van der Waals surface area (Å²) in [7, 11) is -3.82. The number of thiazole rings is 1. The zero-order valence-electron chi connectivity index (χ0n) is 15.6. The molecule has 0 radical (unpaired) electrons. The van der Waals surface area contributed by atoms with Crippen LogP contribution in [0.1, 0.15) is 12.1 Å². The van der Waals surface area contributed by atoms with Crippen molar-refractivity contribution in [1.29, 1.82) is 0 Å². The van der Waals surface area contributed by atoms with Crippen molar-refractivity contribution in [2.75, 3.05) is 12.0 Å². The van der Waals surface area contributed by atoms with E-state index in [0.717, 1.165) is 10.6 Å². The molecule has 0 saturated heterocycles. The lowest BCUT2D eigenvalue weighted by Crippen LogP contribution is -2.42. The second-order valence-corrected chi connectivity index (χ2v) is 10.4. The first kappa shape index (κ1) is 22.0. The number of ether oxygens (including phenoxy) is 1. The molecule has 0 spiro atoms. The number of carbonyl (C=O) groups excluding carboxylic acids is 1. The van der Waals surface area contributed by atoms with Crippen molar-refractivity contribution in [3.63, 3.8) is 0 Å². The molecule has 1 N–H and O–H groups in total. The average Bonchev–Trinajstić information content (AvgIpc) is 3.41.